The smallest absolute Gasteiger partial charge is 0.119 e. The van der Waals surface area contributed by atoms with Crippen molar-refractivity contribution in [2.24, 2.45) is 0 Å². The van der Waals surface area contributed by atoms with Gasteiger partial charge in [-0.05, 0) is 37.1 Å². The number of hydrogen-bond donors (Lipinski definition) is 1. The average Bonchev–Trinajstić information content (AvgIpc) is 2.31. The minimum atomic E-state index is 0.650. The van der Waals surface area contributed by atoms with Crippen LogP contribution < -0.4 is 0 Å². The van der Waals surface area contributed by atoms with Crippen molar-refractivity contribution in [3.8, 4) is 11.3 Å². The number of hydrogen-bond acceptors (Lipinski definition) is 2. The number of allylic oxidation sites excluding steroid dienone is 1. The summed E-state index contributed by atoms with van der Waals surface area (Å²) < 4.78 is 0.650. The van der Waals surface area contributed by atoms with Gasteiger partial charge in [-0.3, -0.25) is 5.10 Å². The lowest BCUT2D eigenvalue weighted by Crippen LogP contribution is -1.90. The molecule has 0 radical (unpaired) electrons. The maximum Gasteiger partial charge on any atom is 0.119 e. The number of rotatable bonds is 2. The Morgan fingerprint density at radius 1 is 1.24 bits per heavy atom. The van der Waals surface area contributed by atoms with Crippen molar-refractivity contribution in [1.82, 2.24) is 10.2 Å². The van der Waals surface area contributed by atoms with Crippen LogP contribution in [0.5, 0.6) is 0 Å². The number of aromatic amines is 1. The van der Waals surface area contributed by atoms with Crippen molar-refractivity contribution in [3.05, 3.63) is 52.2 Å². The van der Waals surface area contributed by atoms with Crippen LogP contribution in [0.2, 0.25) is 0 Å². The lowest BCUT2D eigenvalue weighted by molar-refractivity contribution is 1.02. The molecule has 2 nitrogen and oxygen atoms in total. The first kappa shape index (κ1) is 11.7. The molecule has 2 aromatic rings. The highest BCUT2D eigenvalue weighted by molar-refractivity contribution is 7.71. The molecule has 0 atom stereocenters. The maximum absolute atomic E-state index is 4.98. The molecule has 0 spiro atoms. The second kappa shape index (κ2) is 5.06. The van der Waals surface area contributed by atoms with Crippen LogP contribution in [0.15, 0.2) is 36.4 Å². The van der Waals surface area contributed by atoms with E-state index in [1.54, 1.807) is 0 Å². The molecule has 0 unspecified atom stereocenters. The molecular formula is C14H14N2S. The molecule has 0 aliphatic heterocycles. The van der Waals surface area contributed by atoms with Crippen LogP contribution in [0.25, 0.3) is 17.3 Å². The van der Waals surface area contributed by atoms with Crippen LogP contribution in [-0.4, -0.2) is 10.2 Å². The number of nitrogens with one attached hydrogen (secondary N) is 1. The lowest BCUT2D eigenvalue weighted by atomic mass is 10.0. The third kappa shape index (κ3) is 2.68. The van der Waals surface area contributed by atoms with Gasteiger partial charge in [0.1, 0.15) is 4.64 Å². The van der Waals surface area contributed by atoms with Gasteiger partial charge >= 0.3 is 0 Å². The van der Waals surface area contributed by atoms with Gasteiger partial charge in [0.05, 0.1) is 5.69 Å². The van der Waals surface area contributed by atoms with Gasteiger partial charge in [-0.15, -0.1) is 0 Å². The molecule has 1 aromatic heterocycles. The Morgan fingerprint density at radius 3 is 2.65 bits per heavy atom. The summed E-state index contributed by atoms with van der Waals surface area (Å²) in [6, 6.07) is 10.1. The van der Waals surface area contributed by atoms with E-state index in [-0.39, 0.29) is 0 Å². The number of aryl methyl sites for hydroxylation is 1. The van der Waals surface area contributed by atoms with E-state index in [0.717, 1.165) is 11.3 Å². The Balaban J connectivity index is 2.46. The highest BCUT2D eigenvalue weighted by atomic mass is 32.1. The molecule has 2 rings (SSSR count). The van der Waals surface area contributed by atoms with Gasteiger partial charge in [0.15, 0.2) is 0 Å². The van der Waals surface area contributed by atoms with Crippen LogP contribution in [0.3, 0.4) is 0 Å². The third-order valence-corrected chi connectivity index (χ3v) is 2.79. The quantitative estimate of drug-likeness (QED) is 0.801. The molecule has 0 saturated heterocycles. The van der Waals surface area contributed by atoms with Crippen LogP contribution in [-0.2, 0) is 0 Å². The minimum Gasteiger partial charge on any atom is -0.267 e. The topological polar surface area (TPSA) is 28.7 Å². The van der Waals surface area contributed by atoms with Crippen molar-refractivity contribution in [3.63, 3.8) is 0 Å². The Labute approximate surface area is 106 Å². The summed E-state index contributed by atoms with van der Waals surface area (Å²) in [5.74, 6) is 0. The summed E-state index contributed by atoms with van der Waals surface area (Å²) >= 11 is 4.98. The maximum atomic E-state index is 4.98. The Kier molecular flexibility index (Phi) is 3.49. The number of aromatic nitrogens is 2. The van der Waals surface area contributed by atoms with Crippen LogP contribution in [0.4, 0.5) is 0 Å². The highest BCUT2D eigenvalue weighted by Gasteiger charge is 2.03. The van der Waals surface area contributed by atoms with E-state index in [1.165, 1.54) is 11.1 Å². The molecule has 86 valence electrons. The zero-order chi connectivity index (χ0) is 12.3. The first-order chi connectivity index (χ1) is 8.20. The van der Waals surface area contributed by atoms with Gasteiger partial charge in [-0.25, -0.2) is 0 Å². The fourth-order valence-corrected chi connectivity index (χ4v) is 1.88. The van der Waals surface area contributed by atoms with E-state index in [2.05, 4.69) is 41.4 Å². The minimum absolute atomic E-state index is 0.650. The summed E-state index contributed by atoms with van der Waals surface area (Å²) in [5.41, 5.74) is 4.46. The van der Waals surface area contributed by atoms with Gasteiger partial charge in [0.2, 0.25) is 0 Å². The summed E-state index contributed by atoms with van der Waals surface area (Å²) in [4.78, 5) is 0. The van der Waals surface area contributed by atoms with Gasteiger partial charge < -0.3 is 0 Å². The van der Waals surface area contributed by atoms with E-state index in [4.69, 9.17) is 12.2 Å². The first-order valence-corrected chi connectivity index (χ1v) is 5.91. The highest BCUT2D eigenvalue weighted by Crippen LogP contribution is 2.22. The summed E-state index contributed by atoms with van der Waals surface area (Å²) in [6.45, 7) is 4.10. The molecule has 0 aliphatic carbocycles. The van der Waals surface area contributed by atoms with Crippen LogP contribution in [0, 0.1) is 11.6 Å². The fourth-order valence-electron chi connectivity index (χ4n) is 1.76. The Hall–Kier alpha value is -1.74. The Morgan fingerprint density at radius 2 is 2.06 bits per heavy atom. The van der Waals surface area contributed by atoms with Crippen molar-refractivity contribution >= 4 is 18.3 Å². The van der Waals surface area contributed by atoms with Crippen molar-refractivity contribution in [2.45, 2.75) is 13.8 Å². The lowest BCUT2D eigenvalue weighted by Gasteiger charge is -2.05. The molecule has 1 heterocycles. The SMILES string of the molecule is C/C=C/c1ccc(-c2ccc(=S)[nH]n2)c(C)c1. The summed E-state index contributed by atoms with van der Waals surface area (Å²) in [5, 5.41) is 7.05. The van der Waals surface area contributed by atoms with Crippen molar-refractivity contribution in [2.75, 3.05) is 0 Å². The molecule has 0 saturated carbocycles. The second-order valence-corrected chi connectivity index (χ2v) is 4.32. The summed E-state index contributed by atoms with van der Waals surface area (Å²) in [7, 11) is 0. The monoisotopic (exact) mass is 242 g/mol. The van der Waals surface area contributed by atoms with Gasteiger partial charge in [0, 0.05) is 5.56 Å². The van der Waals surface area contributed by atoms with Crippen LogP contribution in [0.1, 0.15) is 18.1 Å². The molecule has 0 aliphatic rings. The van der Waals surface area contributed by atoms with Gasteiger partial charge in [-0.2, -0.15) is 5.10 Å². The largest absolute Gasteiger partial charge is 0.267 e. The molecule has 0 bridgehead atoms. The van der Waals surface area contributed by atoms with Gasteiger partial charge in [0.25, 0.3) is 0 Å². The predicted octanol–water partition coefficient (Wildman–Crippen LogP) is 4.15. The molecule has 3 heteroatoms. The summed E-state index contributed by atoms with van der Waals surface area (Å²) in [6.07, 6.45) is 4.12. The second-order valence-electron chi connectivity index (χ2n) is 3.88. The van der Waals surface area contributed by atoms with Crippen LogP contribution >= 0.6 is 12.2 Å². The average molecular weight is 242 g/mol. The Bertz CT molecular complexity index is 591. The van der Waals surface area contributed by atoms with E-state index in [0.29, 0.717) is 4.64 Å². The van der Waals surface area contributed by atoms with E-state index >= 15 is 0 Å². The molecule has 1 N–H and O–H groups in total. The zero-order valence-electron chi connectivity index (χ0n) is 9.90. The number of nitrogens with zero attached hydrogens (tertiary/aromatic N) is 1. The number of H-pyrrole nitrogens is 1. The first-order valence-electron chi connectivity index (χ1n) is 5.50. The van der Waals surface area contributed by atoms with Crippen molar-refractivity contribution in [1.29, 1.82) is 0 Å². The van der Waals surface area contributed by atoms with Crippen molar-refractivity contribution < 1.29 is 0 Å². The molecule has 17 heavy (non-hydrogen) atoms. The molecular weight excluding hydrogens is 228 g/mol. The third-order valence-electron chi connectivity index (χ3n) is 2.56. The van der Waals surface area contributed by atoms with E-state index < -0.39 is 0 Å². The molecule has 1 aromatic carbocycles. The van der Waals surface area contributed by atoms with E-state index in [1.807, 2.05) is 25.1 Å². The molecule has 0 fully saturated rings. The molecule has 0 amide bonds. The predicted molar refractivity (Wildman–Crippen MR) is 74.3 cm³/mol. The normalized spacial score (nSPS) is 10.9. The zero-order valence-corrected chi connectivity index (χ0v) is 10.7. The fraction of sp³-hybridized carbons (Fsp3) is 0.143. The van der Waals surface area contributed by atoms with E-state index in [9.17, 15) is 0 Å². The standard InChI is InChI=1S/C14H14N2S/c1-3-4-11-5-6-12(10(2)9-11)13-7-8-14(17)16-15-13/h3-9H,1-2H3,(H,16,17)/b4-3+. The van der Waals surface area contributed by atoms with Gasteiger partial charge in [-0.1, -0.05) is 42.6 Å². The number of benzene rings is 1.